The van der Waals surface area contributed by atoms with Crippen LogP contribution < -0.4 is 15.9 Å². The summed E-state index contributed by atoms with van der Waals surface area (Å²) < 4.78 is 23.1. The summed E-state index contributed by atoms with van der Waals surface area (Å²) in [4.78, 5) is 31.0. The number of phosphoric acid groups is 1. The molecule has 0 bridgehead atoms. The smallest absolute Gasteiger partial charge is 0.457 e. The Morgan fingerprint density at radius 1 is 1.00 bits per heavy atom. The first kappa shape index (κ1) is 25.5. The van der Waals surface area contributed by atoms with Gasteiger partial charge in [-0.3, -0.25) is 9.32 Å². The van der Waals surface area contributed by atoms with Crippen molar-refractivity contribution < 1.29 is 28.7 Å². The van der Waals surface area contributed by atoms with E-state index in [4.69, 9.17) is 20.3 Å². The Bertz CT molecular complexity index is 1480. The van der Waals surface area contributed by atoms with E-state index in [2.05, 4.69) is 4.52 Å². The number of phosphoric ester groups is 1. The standard InChI is InChI=1S/C25H26NO7PS/c1-16-3-2-4-18(11-16)33-19-6-8-22-21(13-19)24(28)20-7-5-17(12-23(20)35-22)9-10-25(26,14-27)15-32-34(29,30)31/h2-8,11-13,27H,9-10,14-15,26H2,1H3,(H2,29,30,31). The van der Waals surface area contributed by atoms with Crippen LogP contribution in [0.4, 0.5) is 0 Å². The Kier molecular flexibility index (Phi) is 7.40. The maximum atomic E-state index is 13.2. The highest BCUT2D eigenvalue weighted by Gasteiger charge is 2.28. The molecule has 0 saturated carbocycles. The molecule has 5 N–H and O–H groups in total. The summed E-state index contributed by atoms with van der Waals surface area (Å²) >= 11 is 1.49. The molecule has 1 heterocycles. The normalized spacial score (nSPS) is 13.7. The Morgan fingerprint density at radius 2 is 1.77 bits per heavy atom. The molecule has 0 radical (unpaired) electrons. The van der Waals surface area contributed by atoms with Gasteiger partial charge in [0.2, 0.25) is 0 Å². The van der Waals surface area contributed by atoms with Crippen molar-refractivity contribution in [1.29, 1.82) is 0 Å². The van der Waals surface area contributed by atoms with Crippen molar-refractivity contribution in [3.8, 4) is 11.5 Å². The minimum absolute atomic E-state index is 0.0893. The first-order chi connectivity index (χ1) is 16.5. The number of benzene rings is 3. The van der Waals surface area contributed by atoms with Gasteiger partial charge in [0.15, 0.2) is 5.43 Å². The van der Waals surface area contributed by atoms with Crippen LogP contribution in [0.25, 0.3) is 20.2 Å². The van der Waals surface area contributed by atoms with Crippen molar-refractivity contribution in [3.05, 3.63) is 82.0 Å². The number of aliphatic hydroxyl groups excluding tert-OH is 1. The van der Waals surface area contributed by atoms with Gasteiger partial charge in [-0.05, 0) is 73.4 Å². The number of aryl methyl sites for hydroxylation is 2. The van der Waals surface area contributed by atoms with Gasteiger partial charge >= 0.3 is 7.82 Å². The van der Waals surface area contributed by atoms with E-state index in [1.165, 1.54) is 11.3 Å². The van der Waals surface area contributed by atoms with Crippen LogP contribution in [0.1, 0.15) is 17.5 Å². The maximum Gasteiger partial charge on any atom is 0.469 e. The molecule has 10 heteroatoms. The molecule has 1 aromatic heterocycles. The zero-order valence-electron chi connectivity index (χ0n) is 19.0. The van der Waals surface area contributed by atoms with E-state index in [0.29, 0.717) is 28.7 Å². The SMILES string of the molecule is Cc1cccc(Oc2ccc3sc4cc(CCC(N)(CO)COP(=O)(O)O)ccc4c(=O)c3c2)c1. The lowest BCUT2D eigenvalue weighted by molar-refractivity contribution is 0.102. The highest BCUT2D eigenvalue weighted by Crippen LogP contribution is 2.37. The summed E-state index contributed by atoms with van der Waals surface area (Å²) in [6, 6.07) is 18.6. The predicted octanol–water partition coefficient (Wildman–Crippen LogP) is 4.25. The molecule has 8 nitrogen and oxygen atoms in total. The van der Waals surface area contributed by atoms with Gasteiger partial charge < -0.3 is 25.4 Å². The summed E-state index contributed by atoms with van der Waals surface area (Å²) in [6.07, 6.45) is 0.664. The van der Waals surface area contributed by atoms with Crippen LogP contribution in [0.2, 0.25) is 0 Å². The van der Waals surface area contributed by atoms with E-state index in [0.717, 1.165) is 20.5 Å². The summed E-state index contributed by atoms with van der Waals surface area (Å²) in [5, 5.41) is 10.8. The summed E-state index contributed by atoms with van der Waals surface area (Å²) in [5.41, 5.74) is 6.63. The highest BCUT2D eigenvalue weighted by atomic mass is 32.1. The van der Waals surface area contributed by atoms with Gasteiger partial charge in [0.25, 0.3) is 0 Å². The number of aliphatic hydroxyl groups is 1. The molecule has 35 heavy (non-hydrogen) atoms. The Hall–Kier alpha value is -2.62. The molecule has 1 unspecified atom stereocenters. The minimum Gasteiger partial charge on any atom is -0.457 e. The first-order valence-corrected chi connectivity index (χ1v) is 13.2. The van der Waals surface area contributed by atoms with Crippen LogP contribution >= 0.6 is 19.2 Å². The number of nitrogens with two attached hydrogens (primary N) is 1. The third-order valence-electron chi connectivity index (χ3n) is 5.68. The number of fused-ring (bicyclic) bond motifs is 2. The van der Waals surface area contributed by atoms with Gasteiger partial charge in [-0.1, -0.05) is 18.2 Å². The third kappa shape index (κ3) is 6.34. The second-order valence-electron chi connectivity index (χ2n) is 8.62. The van der Waals surface area contributed by atoms with Crippen molar-refractivity contribution >= 4 is 39.3 Å². The van der Waals surface area contributed by atoms with Crippen LogP contribution in [-0.4, -0.2) is 33.6 Å². The van der Waals surface area contributed by atoms with Crippen molar-refractivity contribution in [3.63, 3.8) is 0 Å². The van der Waals surface area contributed by atoms with Crippen molar-refractivity contribution in [2.75, 3.05) is 13.2 Å². The zero-order chi connectivity index (χ0) is 25.2. The predicted molar refractivity (Wildman–Crippen MR) is 137 cm³/mol. The molecule has 0 saturated heterocycles. The molecule has 0 aliphatic carbocycles. The van der Waals surface area contributed by atoms with Crippen LogP contribution in [0.15, 0.2) is 65.5 Å². The molecule has 0 spiro atoms. The maximum absolute atomic E-state index is 13.2. The van der Waals surface area contributed by atoms with E-state index < -0.39 is 26.6 Å². The highest BCUT2D eigenvalue weighted by molar-refractivity contribution is 7.46. The lowest BCUT2D eigenvalue weighted by atomic mass is 9.94. The van der Waals surface area contributed by atoms with Gasteiger partial charge in [0.1, 0.15) is 11.5 Å². The molecule has 0 amide bonds. The lowest BCUT2D eigenvalue weighted by Crippen LogP contribution is -2.48. The second kappa shape index (κ2) is 10.2. The summed E-state index contributed by atoms with van der Waals surface area (Å²) in [5.74, 6) is 1.29. The fourth-order valence-electron chi connectivity index (χ4n) is 3.71. The number of hydrogen-bond donors (Lipinski definition) is 4. The van der Waals surface area contributed by atoms with E-state index in [-0.39, 0.29) is 11.8 Å². The molecule has 4 aromatic rings. The largest absolute Gasteiger partial charge is 0.469 e. The summed E-state index contributed by atoms with van der Waals surface area (Å²) in [7, 11) is -4.69. The monoisotopic (exact) mass is 515 g/mol. The number of hydrogen-bond acceptors (Lipinski definition) is 7. The van der Waals surface area contributed by atoms with Crippen LogP contribution in [0.3, 0.4) is 0 Å². The van der Waals surface area contributed by atoms with Gasteiger partial charge in [-0.2, -0.15) is 0 Å². The summed E-state index contributed by atoms with van der Waals surface area (Å²) in [6.45, 7) is 1.01. The fourth-order valence-corrected chi connectivity index (χ4v) is 5.26. The first-order valence-electron chi connectivity index (χ1n) is 10.9. The van der Waals surface area contributed by atoms with Crippen molar-refractivity contribution in [2.45, 2.75) is 25.3 Å². The Morgan fingerprint density at radius 3 is 2.49 bits per heavy atom. The topological polar surface area (TPSA) is 139 Å². The van der Waals surface area contributed by atoms with Gasteiger partial charge in [-0.25, -0.2) is 4.57 Å². The van der Waals surface area contributed by atoms with Crippen LogP contribution in [-0.2, 0) is 15.5 Å². The molecule has 0 fully saturated rings. The molecular weight excluding hydrogens is 489 g/mol. The molecular formula is C25H26NO7PS. The van der Waals surface area contributed by atoms with Crippen molar-refractivity contribution in [1.82, 2.24) is 0 Å². The molecule has 0 aliphatic heterocycles. The van der Waals surface area contributed by atoms with E-state index in [1.807, 2.05) is 55.5 Å². The van der Waals surface area contributed by atoms with Crippen molar-refractivity contribution in [2.24, 2.45) is 5.73 Å². The molecule has 0 aliphatic rings. The minimum atomic E-state index is -4.69. The van der Waals surface area contributed by atoms with Gasteiger partial charge in [0.05, 0.1) is 18.8 Å². The second-order valence-corrected chi connectivity index (χ2v) is 10.9. The Labute approximate surface area is 205 Å². The molecule has 3 aromatic carbocycles. The average molecular weight is 516 g/mol. The Balaban J connectivity index is 1.58. The number of ether oxygens (including phenoxy) is 1. The van der Waals surface area contributed by atoms with Gasteiger partial charge in [-0.15, -0.1) is 11.3 Å². The van der Waals surface area contributed by atoms with Gasteiger partial charge in [0, 0.05) is 20.2 Å². The lowest BCUT2D eigenvalue weighted by Gasteiger charge is -2.27. The quantitative estimate of drug-likeness (QED) is 0.192. The fraction of sp³-hybridized carbons (Fsp3) is 0.240. The molecule has 4 rings (SSSR count). The van der Waals surface area contributed by atoms with E-state index >= 15 is 0 Å². The molecule has 184 valence electrons. The number of rotatable bonds is 9. The molecule has 1 atom stereocenters. The third-order valence-corrected chi connectivity index (χ3v) is 7.28. The van der Waals surface area contributed by atoms with Crippen LogP contribution in [0, 0.1) is 6.92 Å². The van der Waals surface area contributed by atoms with E-state index in [9.17, 15) is 14.5 Å². The average Bonchev–Trinajstić information content (AvgIpc) is 2.81. The van der Waals surface area contributed by atoms with E-state index in [1.54, 1.807) is 12.1 Å². The van der Waals surface area contributed by atoms with Crippen LogP contribution in [0.5, 0.6) is 11.5 Å². The zero-order valence-corrected chi connectivity index (χ0v) is 20.7.